The molecule has 82 valence electrons. The molecule has 1 heterocycles. The van der Waals surface area contributed by atoms with E-state index in [-0.39, 0.29) is 0 Å². The lowest BCUT2D eigenvalue weighted by Crippen LogP contribution is -2.03. The molecule has 0 amide bonds. The fraction of sp³-hybridized carbons (Fsp3) is 0.667. The highest BCUT2D eigenvalue weighted by Crippen LogP contribution is 2.30. The first-order chi connectivity index (χ1) is 7.36. The van der Waals surface area contributed by atoms with Gasteiger partial charge in [0, 0.05) is 12.4 Å². The Bertz CT molecular complexity index is 283. The Morgan fingerprint density at radius 3 is 2.80 bits per heavy atom. The van der Waals surface area contributed by atoms with Gasteiger partial charge in [-0.25, -0.2) is 0 Å². The molecule has 15 heavy (non-hydrogen) atoms. The molecule has 3 nitrogen and oxygen atoms in total. The minimum Gasteiger partial charge on any atom is -0.387 e. The third-order valence-electron chi connectivity index (χ3n) is 3.25. The highest BCUT2D eigenvalue weighted by atomic mass is 16.3. The third kappa shape index (κ3) is 2.99. The molecule has 1 atom stereocenters. The molecule has 1 saturated carbocycles. The molecule has 1 aromatic rings. The van der Waals surface area contributed by atoms with Gasteiger partial charge in [0.05, 0.1) is 18.0 Å². The second-order valence-corrected chi connectivity index (χ2v) is 4.37. The van der Waals surface area contributed by atoms with Crippen molar-refractivity contribution in [3.05, 3.63) is 24.3 Å². The average Bonchev–Trinajstić information content (AvgIpc) is 2.80. The van der Waals surface area contributed by atoms with Crippen LogP contribution in [-0.2, 0) is 0 Å². The van der Waals surface area contributed by atoms with Crippen molar-refractivity contribution < 1.29 is 5.11 Å². The number of hydrogen-bond donors (Lipinski definition) is 1. The van der Waals surface area contributed by atoms with Crippen LogP contribution in [0.4, 0.5) is 0 Å². The van der Waals surface area contributed by atoms with Crippen LogP contribution < -0.4 is 0 Å². The number of nitrogens with zero attached hydrogens (tertiary/aromatic N) is 2. The molecule has 0 bridgehead atoms. The third-order valence-corrected chi connectivity index (χ3v) is 3.25. The molecule has 0 radical (unpaired) electrons. The summed E-state index contributed by atoms with van der Waals surface area (Å²) in [5.41, 5.74) is 0.704. The lowest BCUT2D eigenvalue weighted by atomic mass is 9.99. The Morgan fingerprint density at radius 1 is 1.33 bits per heavy atom. The number of aromatic nitrogens is 2. The predicted octanol–water partition coefficient (Wildman–Crippen LogP) is 2.48. The molecule has 0 spiro atoms. The Balaban J connectivity index is 1.79. The van der Waals surface area contributed by atoms with Gasteiger partial charge in [-0.1, -0.05) is 25.7 Å². The monoisotopic (exact) mass is 206 g/mol. The van der Waals surface area contributed by atoms with Crippen molar-refractivity contribution in [2.45, 2.75) is 44.6 Å². The van der Waals surface area contributed by atoms with E-state index in [0.29, 0.717) is 5.69 Å². The van der Waals surface area contributed by atoms with Crippen molar-refractivity contribution in [1.29, 1.82) is 0 Å². The van der Waals surface area contributed by atoms with Crippen LogP contribution in [0.2, 0.25) is 0 Å². The molecule has 1 aromatic heterocycles. The molecule has 1 unspecified atom stereocenters. The zero-order valence-corrected chi connectivity index (χ0v) is 8.97. The molecular formula is C12H18N2O. The van der Waals surface area contributed by atoms with Gasteiger partial charge in [-0.05, 0) is 18.8 Å². The lowest BCUT2D eigenvalue weighted by molar-refractivity contribution is 0.152. The topological polar surface area (TPSA) is 46.0 Å². The molecule has 0 saturated heterocycles. The normalized spacial score (nSPS) is 19.3. The smallest absolute Gasteiger partial charge is 0.0975 e. The minimum absolute atomic E-state index is 0.431. The molecule has 1 aliphatic rings. The number of rotatable bonds is 4. The van der Waals surface area contributed by atoms with Crippen LogP contribution >= 0.6 is 0 Å². The summed E-state index contributed by atoms with van der Waals surface area (Å²) in [6, 6.07) is 0. The Hall–Kier alpha value is -0.960. The summed E-state index contributed by atoms with van der Waals surface area (Å²) in [5, 5.41) is 9.88. The molecule has 0 aromatic carbocycles. The molecule has 0 aliphatic heterocycles. The van der Waals surface area contributed by atoms with Crippen LogP contribution in [0.15, 0.2) is 18.6 Å². The molecule has 2 rings (SSSR count). The number of hydrogen-bond acceptors (Lipinski definition) is 3. The molecular weight excluding hydrogens is 188 g/mol. The number of aliphatic hydroxyl groups is 1. The van der Waals surface area contributed by atoms with E-state index < -0.39 is 6.10 Å². The van der Waals surface area contributed by atoms with Gasteiger partial charge in [0.2, 0.25) is 0 Å². The largest absolute Gasteiger partial charge is 0.387 e. The maximum absolute atomic E-state index is 9.88. The Labute approximate surface area is 90.6 Å². The number of aliphatic hydroxyl groups excluding tert-OH is 1. The van der Waals surface area contributed by atoms with Crippen molar-refractivity contribution in [2.24, 2.45) is 5.92 Å². The maximum Gasteiger partial charge on any atom is 0.0975 e. The standard InChI is InChI=1S/C12H18N2O/c15-12(11-9-13-7-8-14-11)6-5-10-3-1-2-4-10/h7-10,12,15H,1-6H2. The summed E-state index contributed by atoms with van der Waals surface area (Å²) in [5.74, 6) is 0.830. The fourth-order valence-electron chi connectivity index (χ4n) is 2.32. The molecule has 1 fully saturated rings. The van der Waals surface area contributed by atoms with E-state index >= 15 is 0 Å². The predicted molar refractivity (Wildman–Crippen MR) is 58.2 cm³/mol. The summed E-state index contributed by atoms with van der Waals surface area (Å²) < 4.78 is 0. The molecule has 1 aliphatic carbocycles. The van der Waals surface area contributed by atoms with Crippen molar-refractivity contribution in [1.82, 2.24) is 9.97 Å². The van der Waals surface area contributed by atoms with Gasteiger partial charge in [0.1, 0.15) is 0 Å². The van der Waals surface area contributed by atoms with E-state index in [9.17, 15) is 5.11 Å². The molecule has 1 N–H and O–H groups in total. The van der Waals surface area contributed by atoms with Gasteiger partial charge in [-0.2, -0.15) is 0 Å². The Morgan fingerprint density at radius 2 is 2.13 bits per heavy atom. The summed E-state index contributed by atoms with van der Waals surface area (Å²) in [7, 11) is 0. The van der Waals surface area contributed by atoms with E-state index in [4.69, 9.17) is 0 Å². The minimum atomic E-state index is -0.431. The average molecular weight is 206 g/mol. The van der Waals surface area contributed by atoms with Gasteiger partial charge in [-0.3, -0.25) is 9.97 Å². The van der Waals surface area contributed by atoms with Crippen molar-refractivity contribution in [3.63, 3.8) is 0 Å². The van der Waals surface area contributed by atoms with Gasteiger partial charge in [-0.15, -0.1) is 0 Å². The van der Waals surface area contributed by atoms with Crippen LogP contribution in [-0.4, -0.2) is 15.1 Å². The summed E-state index contributed by atoms with van der Waals surface area (Å²) in [4.78, 5) is 8.07. The maximum atomic E-state index is 9.88. The quantitative estimate of drug-likeness (QED) is 0.823. The highest BCUT2D eigenvalue weighted by Gasteiger charge is 2.17. The van der Waals surface area contributed by atoms with Gasteiger partial charge in [0.25, 0.3) is 0 Å². The highest BCUT2D eigenvalue weighted by molar-refractivity contribution is 4.98. The first kappa shape index (κ1) is 10.6. The van der Waals surface area contributed by atoms with Crippen LogP contribution in [0.25, 0.3) is 0 Å². The van der Waals surface area contributed by atoms with Crippen molar-refractivity contribution in [2.75, 3.05) is 0 Å². The fourth-order valence-corrected chi connectivity index (χ4v) is 2.32. The zero-order chi connectivity index (χ0) is 10.5. The van der Waals surface area contributed by atoms with E-state index in [1.807, 2.05) is 0 Å². The molecule has 3 heteroatoms. The summed E-state index contributed by atoms with van der Waals surface area (Å²) >= 11 is 0. The van der Waals surface area contributed by atoms with Crippen LogP contribution in [0.1, 0.15) is 50.3 Å². The van der Waals surface area contributed by atoms with Crippen LogP contribution in [0.5, 0.6) is 0 Å². The van der Waals surface area contributed by atoms with Crippen molar-refractivity contribution >= 4 is 0 Å². The zero-order valence-electron chi connectivity index (χ0n) is 8.97. The first-order valence-electron chi connectivity index (χ1n) is 5.80. The van der Waals surface area contributed by atoms with E-state index in [1.165, 1.54) is 25.7 Å². The van der Waals surface area contributed by atoms with Gasteiger partial charge in [0.15, 0.2) is 0 Å². The van der Waals surface area contributed by atoms with Gasteiger partial charge < -0.3 is 5.11 Å². The first-order valence-corrected chi connectivity index (χ1v) is 5.80. The van der Waals surface area contributed by atoms with E-state index in [2.05, 4.69) is 9.97 Å². The Kier molecular flexibility index (Phi) is 3.67. The SMILES string of the molecule is OC(CCC1CCCC1)c1cnccn1. The van der Waals surface area contributed by atoms with Crippen molar-refractivity contribution in [3.8, 4) is 0 Å². The van der Waals surface area contributed by atoms with E-state index in [1.54, 1.807) is 18.6 Å². The van der Waals surface area contributed by atoms with E-state index in [0.717, 1.165) is 18.8 Å². The van der Waals surface area contributed by atoms with Gasteiger partial charge >= 0.3 is 0 Å². The summed E-state index contributed by atoms with van der Waals surface area (Å²) in [6.45, 7) is 0. The second-order valence-electron chi connectivity index (χ2n) is 4.37. The summed E-state index contributed by atoms with van der Waals surface area (Å²) in [6.07, 6.45) is 11.8. The van der Waals surface area contributed by atoms with Crippen LogP contribution in [0, 0.1) is 5.92 Å². The van der Waals surface area contributed by atoms with Crippen LogP contribution in [0.3, 0.4) is 0 Å². The second kappa shape index (κ2) is 5.21. The lowest BCUT2D eigenvalue weighted by Gasteiger charge is -2.12.